The van der Waals surface area contributed by atoms with Crippen LogP contribution in [0.3, 0.4) is 0 Å². The molecule has 3 N–H and O–H groups in total. The number of anilines is 1. The molecule has 3 amide bonds. The summed E-state index contributed by atoms with van der Waals surface area (Å²) in [7, 11) is 4.44. The zero-order valence-electron chi connectivity index (χ0n) is 40.4. The second-order valence-corrected chi connectivity index (χ2v) is 20.5. The summed E-state index contributed by atoms with van der Waals surface area (Å²) in [5, 5.41) is 0. The zero-order chi connectivity index (χ0) is 48.1. The highest BCUT2D eigenvalue weighted by Crippen LogP contribution is 2.32. The molecule has 14 nitrogen and oxygen atoms in total. The minimum absolute atomic E-state index is 0.0212. The lowest BCUT2D eigenvalue weighted by molar-refractivity contribution is -0.149. The Bertz CT molecular complexity index is 1930. The predicted molar refractivity (Wildman–Crippen MR) is 251 cm³/mol. The lowest BCUT2D eigenvalue weighted by Gasteiger charge is -2.41. The smallest absolute Gasteiger partial charge is 0.239 e. The van der Waals surface area contributed by atoms with Crippen molar-refractivity contribution in [2.24, 2.45) is 35.5 Å². The van der Waals surface area contributed by atoms with Crippen molar-refractivity contribution in [3.63, 3.8) is 0 Å². The molecule has 0 bridgehead atoms. The number of carbonyl (C=O) groups excluding carboxylic acids is 5. The number of hydrogen-bond acceptors (Lipinski definition) is 11. The molecule has 0 saturated carbocycles. The Morgan fingerprint density at radius 1 is 0.828 bits per heavy atom. The van der Waals surface area contributed by atoms with Crippen LogP contribution in [0.15, 0.2) is 54.6 Å². The first-order chi connectivity index (χ1) is 30.1. The van der Waals surface area contributed by atoms with Gasteiger partial charge in [-0.15, -0.1) is 0 Å². The third-order valence-electron chi connectivity index (χ3n) is 13.1. The Balaban J connectivity index is 1.82. The Kier molecular flexibility index (Phi) is 21.1. The van der Waals surface area contributed by atoms with E-state index in [1.165, 1.54) is 7.11 Å². The summed E-state index contributed by atoms with van der Waals surface area (Å²) in [6.07, 6.45) is 0.558. The minimum Gasteiger partial charge on any atom is -0.399 e. The normalized spacial score (nSPS) is 18.2. The van der Waals surface area contributed by atoms with E-state index in [1.807, 2.05) is 90.9 Å². The van der Waals surface area contributed by atoms with E-state index in [4.69, 9.17) is 15.2 Å². The van der Waals surface area contributed by atoms with Crippen molar-refractivity contribution in [3.05, 3.63) is 65.7 Å². The van der Waals surface area contributed by atoms with Gasteiger partial charge in [0.2, 0.25) is 27.7 Å². The van der Waals surface area contributed by atoms with E-state index in [0.29, 0.717) is 37.1 Å². The fourth-order valence-corrected chi connectivity index (χ4v) is 10.7. The maximum atomic E-state index is 14.4. The van der Waals surface area contributed by atoms with E-state index >= 15 is 0 Å². The number of Topliss-reactive ketones (excluding diaryl/α,β-unsaturated/α-hetero) is 2. The van der Waals surface area contributed by atoms with Crippen LogP contribution in [0.1, 0.15) is 98.1 Å². The van der Waals surface area contributed by atoms with Crippen LogP contribution >= 0.6 is 0 Å². The molecular formula is C49H77N5O9S. The van der Waals surface area contributed by atoms with Gasteiger partial charge in [0.15, 0.2) is 5.78 Å². The molecule has 1 saturated heterocycles. The van der Waals surface area contributed by atoms with E-state index in [9.17, 15) is 32.4 Å². The molecule has 0 spiro atoms. The van der Waals surface area contributed by atoms with Gasteiger partial charge in [-0.05, 0) is 74.4 Å². The number of likely N-dealkylation sites (tertiary alicyclic amines) is 1. The molecule has 64 heavy (non-hydrogen) atoms. The molecule has 2 aromatic carbocycles. The average Bonchev–Trinajstić information content (AvgIpc) is 3.72. The number of ketones is 2. The van der Waals surface area contributed by atoms with Crippen molar-refractivity contribution < 1.29 is 41.9 Å². The van der Waals surface area contributed by atoms with Gasteiger partial charge in [-0.25, -0.2) is 8.42 Å². The number of amides is 3. The van der Waals surface area contributed by atoms with Crippen LogP contribution in [0.2, 0.25) is 0 Å². The topological polar surface area (TPSA) is 186 Å². The second kappa shape index (κ2) is 24.9. The van der Waals surface area contributed by atoms with Crippen LogP contribution in [0, 0.1) is 35.5 Å². The number of ether oxygens (including phenoxy) is 2. The number of sulfonamides is 1. The van der Waals surface area contributed by atoms with Crippen molar-refractivity contribution >= 4 is 45.0 Å². The molecule has 1 aliphatic rings. The summed E-state index contributed by atoms with van der Waals surface area (Å²) in [6, 6.07) is 14.2. The van der Waals surface area contributed by atoms with Gasteiger partial charge in [0.1, 0.15) is 5.78 Å². The number of nitrogens with zero attached hydrogens (tertiary/aromatic N) is 3. The largest absolute Gasteiger partial charge is 0.399 e. The number of rotatable bonds is 26. The summed E-state index contributed by atoms with van der Waals surface area (Å²) in [4.78, 5) is 75.7. The average molecular weight is 912 g/mol. The molecule has 0 aromatic heterocycles. The number of nitrogens with two attached hydrogens (primary N) is 1. The summed E-state index contributed by atoms with van der Waals surface area (Å²) >= 11 is 0. The van der Waals surface area contributed by atoms with Crippen LogP contribution in [0.4, 0.5) is 5.69 Å². The monoisotopic (exact) mass is 912 g/mol. The van der Waals surface area contributed by atoms with Gasteiger partial charge >= 0.3 is 0 Å². The minimum atomic E-state index is -4.12. The molecule has 358 valence electrons. The van der Waals surface area contributed by atoms with Crippen molar-refractivity contribution in [1.29, 1.82) is 0 Å². The highest BCUT2D eigenvalue weighted by molar-refractivity contribution is 7.89. The van der Waals surface area contributed by atoms with E-state index in [-0.39, 0.29) is 72.9 Å². The standard InChI is InChI=1S/C49H77N5O9S/c1-13-33(6)46(53(10)49(59)39(31(2)3)28-42(56)45(32(4)5)52(8)9)43(62-11)29-44(57)54-25-17-20-40(54)47(63-12)34(7)41(55)27-37(26-35-18-15-14-16-19-35)48(58)51-64(60,61)30-36-21-23-38(50)24-22-36/h14-16,18-19,21-24,31-34,37,39-40,43,45-47H,13,17,20,25-30,50H2,1-12H3,(H,51,58)/t33-,34-,37+,39-,40-,43+,45-,46-,47+/m0/s1. The summed E-state index contributed by atoms with van der Waals surface area (Å²) in [6.45, 7) is 14.2. The number of nitrogens with one attached hydrogen (secondary N) is 1. The fraction of sp³-hybridized carbons (Fsp3) is 0.653. The first-order valence-corrected chi connectivity index (χ1v) is 24.5. The van der Waals surface area contributed by atoms with E-state index in [0.717, 1.165) is 5.56 Å². The van der Waals surface area contributed by atoms with Crippen LogP contribution in [-0.2, 0) is 55.6 Å². The van der Waals surface area contributed by atoms with Gasteiger partial charge in [-0.3, -0.25) is 33.6 Å². The van der Waals surface area contributed by atoms with Crippen LogP contribution in [0.25, 0.3) is 0 Å². The first kappa shape index (κ1) is 54.2. The maximum Gasteiger partial charge on any atom is 0.239 e. The molecular weight excluding hydrogens is 835 g/mol. The Morgan fingerprint density at radius 3 is 1.98 bits per heavy atom. The summed E-state index contributed by atoms with van der Waals surface area (Å²) in [5.74, 6) is -4.24. The van der Waals surface area contributed by atoms with E-state index < -0.39 is 63.7 Å². The number of hydrogen-bond donors (Lipinski definition) is 2. The number of carbonyl (C=O) groups is 5. The SMILES string of the molecule is CC[C@H](C)[C@@H]([C@@H](CC(=O)N1CCC[C@H]1[C@H](OC)[C@@H](C)C(=O)C[C@@H](Cc1ccccc1)C(=O)NS(=O)(=O)Cc1ccc(N)cc1)OC)N(C)C(=O)[C@@H](CC(=O)[C@H](C(C)C)N(C)C)C(C)C. The van der Waals surface area contributed by atoms with Crippen molar-refractivity contribution in [1.82, 2.24) is 19.4 Å². The molecule has 0 unspecified atom stereocenters. The van der Waals surface area contributed by atoms with Gasteiger partial charge < -0.3 is 25.0 Å². The number of methoxy groups -OCH3 is 2. The molecule has 9 atom stereocenters. The zero-order valence-corrected chi connectivity index (χ0v) is 41.2. The predicted octanol–water partition coefficient (Wildman–Crippen LogP) is 5.77. The van der Waals surface area contributed by atoms with Gasteiger partial charge in [0, 0.05) is 64.1 Å². The number of benzene rings is 2. The molecule has 0 aliphatic carbocycles. The van der Waals surface area contributed by atoms with Crippen LogP contribution in [0.5, 0.6) is 0 Å². The highest BCUT2D eigenvalue weighted by atomic mass is 32.2. The van der Waals surface area contributed by atoms with Gasteiger partial charge in [-0.2, -0.15) is 0 Å². The quantitative estimate of drug-likeness (QED) is 0.109. The molecule has 1 fully saturated rings. The molecule has 0 radical (unpaired) electrons. The molecule has 2 aromatic rings. The summed E-state index contributed by atoms with van der Waals surface area (Å²) < 4.78 is 40.6. The van der Waals surface area contributed by atoms with Crippen molar-refractivity contribution in [2.45, 2.75) is 129 Å². The van der Waals surface area contributed by atoms with Gasteiger partial charge in [0.05, 0.1) is 42.5 Å². The van der Waals surface area contributed by atoms with Crippen LogP contribution < -0.4 is 10.5 Å². The summed E-state index contributed by atoms with van der Waals surface area (Å²) in [5.41, 5.74) is 7.46. The Hall–Kier alpha value is -4.18. The molecule has 15 heteroatoms. The third kappa shape index (κ3) is 14.9. The van der Waals surface area contributed by atoms with Crippen molar-refractivity contribution in [2.75, 3.05) is 47.6 Å². The molecule has 1 aliphatic heterocycles. The molecule has 3 rings (SSSR count). The highest BCUT2D eigenvalue weighted by Gasteiger charge is 2.43. The van der Waals surface area contributed by atoms with E-state index in [2.05, 4.69) is 4.72 Å². The van der Waals surface area contributed by atoms with Gasteiger partial charge in [-0.1, -0.05) is 97.4 Å². The van der Waals surface area contributed by atoms with E-state index in [1.54, 1.807) is 55.1 Å². The lowest BCUT2D eigenvalue weighted by Crippen LogP contribution is -2.54. The number of nitrogen functional groups attached to an aromatic ring is 1. The Labute approximate surface area is 383 Å². The second-order valence-electron chi connectivity index (χ2n) is 18.8. The lowest BCUT2D eigenvalue weighted by atomic mass is 9.83. The van der Waals surface area contributed by atoms with Crippen molar-refractivity contribution in [3.8, 4) is 0 Å². The first-order valence-electron chi connectivity index (χ1n) is 22.8. The third-order valence-corrected chi connectivity index (χ3v) is 14.4. The fourth-order valence-electron chi connectivity index (χ4n) is 9.49. The Morgan fingerprint density at radius 2 is 1.45 bits per heavy atom. The van der Waals surface area contributed by atoms with Gasteiger partial charge in [0.25, 0.3) is 0 Å². The maximum absolute atomic E-state index is 14.4. The number of likely N-dealkylation sites (N-methyl/N-ethyl adjacent to an activating group) is 2. The van der Waals surface area contributed by atoms with Crippen LogP contribution in [-0.4, -0.2) is 125 Å². The molecule has 1 heterocycles.